The van der Waals surface area contributed by atoms with Crippen molar-refractivity contribution in [2.75, 3.05) is 44.3 Å². The molecule has 3 saturated heterocycles. The molecule has 0 radical (unpaired) electrons. The van der Waals surface area contributed by atoms with Crippen molar-refractivity contribution in [3.63, 3.8) is 0 Å². The van der Waals surface area contributed by atoms with Crippen LogP contribution in [0.2, 0.25) is 0 Å². The molecular formula is C21H31N3O2. The van der Waals surface area contributed by atoms with Gasteiger partial charge in [-0.05, 0) is 62.0 Å². The maximum atomic E-state index is 12.6. The number of carbonyl (C=O) groups is 1. The van der Waals surface area contributed by atoms with E-state index in [0.29, 0.717) is 0 Å². The van der Waals surface area contributed by atoms with Gasteiger partial charge in [-0.25, -0.2) is 4.98 Å². The van der Waals surface area contributed by atoms with Crippen LogP contribution in [-0.2, 0) is 4.74 Å². The number of hydrogen-bond donors (Lipinski definition) is 0. The van der Waals surface area contributed by atoms with Crippen molar-refractivity contribution in [3.8, 4) is 0 Å². The second kappa shape index (κ2) is 7.95. The molecule has 0 bridgehead atoms. The number of amides is 1. The maximum absolute atomic E-state index is 12.6. The molecule has 3 fully saturated rings. The molecule has 0 aliphatic carbocycles. The van der Waals surface area contributed by atoms with Gasteiger partial charge < -0.3 is 14.5 Å². The highest BCUT2D eigenvalue weighted by molar-refractivity contribution is 5.94. The van der Waals surface area contributed by atoms with E-state index >= 15 is 0 Å². The molecule has 4 rings (SSSR count). The third-order valence-corrected chi connectivity index (χ3v) is 6.56. The molecule has 26 heavy (non-hydrogen) atoms. The average Bonchev–Trinajstić information content (AvgIpc) is 3.23. The first-order valence-electron chi connectivity index (χ1n) is 10.3. The summed E-state index contributed by atoms with van der Waals surface area (Å²) in [6.45, 7) is 8.03. The summed E-state index contributed by atoms with van der Waals surface area (Å²) in [5, 5.41) is 0. The third-order valence-electron chi connectivity index (χ3n) is 6.56. The first-order chi connectivity index (χ1) is 12.7. The van der Waals surface area contributed by atoms with Gasteiger partial charge in [-0.2, -0.15) is 0 Å². The van der Waals surface area contributed by atoms with Crippen molar-refractivity contribution in [2.45, 2.75) is 39.0 Å². The summed E-state index contributed by atoms with van der Waals surface area (Å²) < 4.78 is 5.55. The van der Waals surface area contributed by atoms with Gasteiger partial charge in [0, 0.05) is 45.6 Å². The Morgan fingerprint density at radius 1 is 1.04 bits per heavy atom. The molecule has 5 heteroatoms. The smallest absolute Gasteiger partial charge is 0.255 e. The highest BCUT2D eigenvalue weighted by Gasteiger charge is 2.29. The van der Waals surface area contributed by atoms with Gasteiger partial charge >= 0.3 is 0 Å². The fraction of sp³-hybridized carbons (Fsp3) is 0.714. The molecule has 0 N–H and O–H groups in total. The topological polar surface area (TPSA) is 45.7 Å². The van der Waals surface area contributed by atoms with Crippen molar-refractivity contribution in [1.82, 2.24) is 9.88 Å². The van der Waals surface area contributed by atoms with Crippen LogP contribution in [0, 0.1) is 17.8 Å². The quantitative estimate of drug-likeness (QED) is 0.833. The fourth-order valence-corrected chi connectivity index (χ4v) is 4.62. The molecule has 1 atom stereocenters. The van der Waals surface area contributed by atoms with E-state index in [1.54, 1.807) is 6.20 Å². The molecule has 0 aromatic carbocycles. The summed E-state index contributed by atoms with van der Waals surface area (Å²) in [6.07, 6.45) is 7.67. The molecule has 142 valence electrons. The predicted octanol–water partition coefficient (Wildman–Crippen LogP) is 3.21. The van der Waals surface area contributed by atoms with Crippen LogP contribution in [0.25, 0.3) is 0 Å². The van der Waals surface area contributed by atoms with Gasteiger partial charge in [-0.3, -0.25) is 4.79 Å². The normalized spacial score (nSPS) is 25.7. The number of likely N-dealkylation sites (tertiary alicyclic amines) is 1. The molecule has 1 aromatic heterocycles. The minimum absolute atomic E-state index is 0.135. The summed E-state index contributed by atoms with van der Waals surface area (Å²) in [6, 6.07) is 3.98. The number of rotatable bonds is 3. The van der Waals surface area contributed by atoms with Crippen molar-refractivity contribution in [1.29, 1.82) is 0 Å². The van der Waals surface area contributed by atoms with Crippen LogP contribution in [0.15, 0.2) is 18.3 Å². The molecule has 1 aromatic rings. The van der Waals surface area contributed by atoms with Crippen LogP contribution in [0.3, 0.4) is 0 Å². The van der Waals surface area contributed by atoms with Gasteiger partial charge in [0.1, 0.15) is 5.82 Å². The largest absolute Gasteiger partial charge is 0.381 e. The molecule has 0 spiro atoms. The van der Waals surface area contributed by atoms with Crippen LogP contribution < -0.4 is 4.90 Å². The Balaban J connectivity index is 1.32. The van der Waals surface area contributed by atoms with Crippen LogP contribution in [0.5, 0.6) is 0 Å². The Morgan fingerprint density at radius 3 is 2.42 bits per heavy atom. The van der Waals surface area contributed by atoms with E-state index < -0.39 is 0 Å². The summed E-state index contributed by atoms with van der Waals surface area (Å²) in [4.78, 5) is 21.6. The van der Waals surface area contributed by atoms with E-state index in [9.17, 15) is 4.79 Å². The lowest BCUT2D eigenvalue weighted by molar-refractivity contribution is 0.0697. The number of ether oxygens (including phenoxy) is 1. The number of hydrogen-bond acceptors (Lipinski definition) is 4. The summed E-state index contributed by atoms with van der Waals surface area (Å²) in [7, 11) is 0. The van der Waals surface area contributed by atoms with Crippen molar-refractivity contribution >= 4 is 11.7 Å². The molecule has 3 aliphatic rings. The first-order valence-corrected chi connectivity index (χ1v) is 10.3. The van der Waals surface area contributed by atoms with Crippen LogP contribution in [0.1, 0.15) is 49.4 Å². The van der Waals surface area contributed by atoms with Gasteiger partial charge in [0.2, 0.25) is 0 Å². The number of carbonyl (C=O) groups excluding carboxylic acids is 1. The van der Waals surface area contributed by atoms with Crippen molar-refractivity contribution in [2.24, 2.45) is 17.8 Å². The van der Waals surface area contributed by atoms with Gasteiger partial charge in [0.25, 0.3) is 5.91 Å². The average molecular weight is 357 g/mol. The standard InChI is InChI=1S/C21H31N3O2/c1-16-4-9-24(10-5-16)21(25)18-2-3-20(22-14-18)23-11-6-17(7-12-23)19-8-13-26-15-19/h2-3,14,16-17,19H,4-13,15H2,1H3. The highest BCUT2D eigenvalue weighted by atomic mass is 16.5. The summed E-state index contributed by atoms with van der Waals surface area (Å²) in [5.41, 5.74) is 0.723. The summed E-state index contributed by atoms with van der Waals surface area (Å²) in [5.74, 6) is 3.44. The minimum atomic E-state index is 0.135. The molecule has 1 unspecified atom stereocenters. The number of pyridine rings is 1. The van der Waals surface area contributed by atoms with Crippen molar-refractivity contribution < 1.29 is 9.53 Å². The lowest BCUT2D eigenvalue weighted by Gasteiger charge is -2.35. The molecule has 4 heterocycles. The number of nitrogens with zero attached hydrogens (tertiary/aromatic N) is 3. The molecular weight excluding hydrogens is 326 g/mol. The highest BCUT2D eigenvalue weighted by Crippen LogP contribution is 2.32. The van der Waals surface area contributed by atoms with E-state index in [1.165, 1.54) is 19.3 Å². The Kier molecular flexibility index (Phi) is 5.44. The molecule has 1 amide bonds. The van der Waals surface area contributed by atoms with Gasteiger partial charge in [-0.1, -0.05) is 6.92 Å². The molecule has 5 nitrogen and oxygen atoms in total. The monoisotopic (exact) mass is 357 g/mol. The Bertz CT molecular complexity index is 596. The third kappa shape index (κ3) is 3.88. The predicted molar refractivity (Wildman–Crippen MR) is 102 cm³/mol. The van der Waals surface area contributed by atoms with Crippen LogP contribution in [0.4, 0.5) is 5.82 Å². The first kappa shape index (κ1) is 17.8. The second-order valence-corrected chi connectivity index (χ2v) is 8.33. The van der Waals surface area contributed by atoms with E-state index in [4.69, 9.17) is 4.74 Å². The van der Waals surface area contributed by atoms with E-state index in [2.05, 4.69) is 16.8 Å². The van der Waals surface area contributed by atoms with Gasteiger partial charge in [0.15, 0.2) is 0 Å². The zero-order valence-electron chi connectivity index (χ0n) is 15.9. The van der Waals surface area contributed by atoms with E-state index in [1.807, 2.05) is 17.0 Å². The zero-order valence-corrected chi connectivity index (χ0v) is 15.9. The minimum Gasteiger partial charge on any atom is -0.381 e. The van der Waals surface area contributed by atoms with Crippen molar-refractivity contribution in [3.05, 3.63) is 23.9 Å². The number of anilines is 1. The SMILES string of the molecule is CC1CCN(C(=O)c2ccc(N3CCC(C4CCOC4)CC3)nc2)CC1. The zero-order chi connectivity index (χ0) is 17.9. The Labute approximate surface area is 156 Å². The van der Waals surface area contributed by atoms with Gasteiger partial charge in [-0.15, -0.1) is 0 Å². The lowest BCUT2D eigenvalue weighted by atomic mass is 9.84. The fourth-order valence-electron chi connectivity index (χ4n) is 4.62. The van der Waals surface area contributed by atoms with E-state index in [0.717, 1.165) is 81.4 Å². The number of aromatic nitrogens is 1. The van der Waals surface area contributed by atoms with Crippen LogP contribution >= 0.6 is 0 Å². The Hall–Kier alpha value is -1.62. The van der Waals surface area contributed by atoms with Crippen LogP contribution in [-0.4, -0.2) is 55.2 Å². The molecule has 0 saturated carbocycles. The lowest BCUT2D eigenvalue weighted by Crippen LogP contribution is -2.38. The summed E-state index contributed by atoms with van der Waals surface area (Å²) >= 11 is 0. The Morgan fingerprint density at radius 2 is 1.81 bits per heavy atom. The second-order valence-electron chi connectivity index (χ2n) is 8.33. The number of piperidine rings is 2. The maximum Gasteiger partial charge on any atom is 0.255 e. The van der Waals surface area contributed by atoms with Gasteiger partial charge in [0.05, 0.1) is 5.56 Å². The molecule has 3 aliphatic heterocycles. The van der Waals surface area contributed by atoms with E-state index in [-0.39, 0.29) is 5.91 Å².